The molecule has 0 spiro atoms. The van der Waals surface area contributed by atoms with E-state index in [0.717, 1.165) is 16.2 Å². The lowest BCUT2D eigenvalue weighted by atomic mass is 9.88. The number of alkyl halides is 5. The highest BCUT2D eigenvalue weighted by atomic mass is 32.1. The molecule has 1 N–H and O–H groups in total. The third-order valence-electron chi connectivity index (χ3n) is 5.81. The number of thiazole rings is 1. The van der Waals surface area contributed by atoms with Gasteiger partial charge in [-0.05, 0) is 30.5 Å². The molecule has 0 aliphatic carbocycles. The molecule has 0 radical (unpaired) electrons. The number of hydrogen-bond donors (Lipinski definition) is 1. The lowest BCUT2D eigenvalue weighted by Crippen LogP contribution is -2.57. The molecule has 3 aromatic rings. The first-order valence-corrected chi connectivity index (χ1v) is 11.7. The lowest BCUT2D eigenvalue weighted by molar-refractivity contribution is -0.138. The van der Waals surface area contributed by atoms with Crippen LogP contribution in [-0.2, 0) is 6.18 Å². The Morgan fingerprint density at radius 2 is 1.94 bits per heavy atom. The zero-order chi connectivity index (χ0) is 26.3. The lowest BCUT2D eigenvalue weighted by Gasteiger charge is -2.43. The van der Waals surface area contributed by atoms with Crippen molar-refractivity contribution in [3.05, 3.63) is 58.7 Å². The average Bonchev–Trinajstić information content (AvgIpc) is 3.18. The molecule has 2 aromatic heterocycles. The van der Waals surface area contributed by atoms with Gasteiger partial charge >= 0.3 is 6.18 Å². The van der Waals surface area contributed by atoms with E-state index in [0.29, 0.717) is 27.8 Å². The van der Waals surface area contributed by atoms with Crippen molar-refractivity contribution in [2.24, 2.45) is 5.92 Å². The molecule has 6 nitrogen and oxygen atoms in total. The van der Waals surface area contributed by atoms with Crippen LogP contribution in [0.5, 0.6) is 0 Å². The summed E-state index contributed by atoms with van der Waals surface area (Å²) in [4.78, 5) is 26.5. The van der Waals surface area contributed by atoms with Crippen molar-refractivity contribution in [3.63, 3.8) is 0 Å². The molecular formula is C23H21F6N5OS. The van der Waals surface area contributed by atoms with E-state index in [1.54, 1.807) is 19.9 Å². The fourth-order valence-corrected chi connectivity index (χ4v) is 5.08. The Bertz CT molecular complexity index is 1250. The number of aryl methyl sites for hydroxylation is 1. The van der Waals surface area contributed by atoms with Gasteiger partial charge < -0.3 is 10.2 Å². The fraction of sp³-hybridized carbons (Fsp3) is 0.391. The van der Waals surface area contributed by atoms with Gasteiger partial charge in [-0.1, -0.05) is 19.1 Å². The highest BCUT2D eigenvalue weighted by Crippen LogP contribution is 2.38. The molecular weight excluding hydrogens is 508 g/mol. The number of anilines is 1. The van der Waals surface area contributed by atoms with Crippen molar-refractivity contribution in [1.82, 2.24) is 19.9 Å². The number of likely N-dealkylation sites (tertiary alicyclic amines) is 1. The van der Waals surface area contributed by atoms with Crippen molar-refractivity contribution >= 4 is 23.2 Å². The Morgan fingerprint density at radius 1 is 1.25 bits per heavy atom. The molecule has 2 atom stereocenters. The van der Waals surface area contributed by atoms with Crippen molar-refractivity contribution < 1.29 is 31.1 Å². The third kappa shape index (κ3) is 5.61. The zero-order valence-electron chi connectivity index (χ0n) is 19.1. The van der Waals surface area contributed by atoms with Crippen molar-refractivity contribution in [2.75, 3.05) is 18.4 Å². The number of halogens is 6. The molecule has 0 bridgehead atoms. The molecule has 1 aromatic carbocycles. The molecule has 2 unspecified atom stereocenters. The maximum atomic E-state index is 14.5. The Hall–Kier alpha value is -3.22. The number of carbonyl (C=O) groups excluding carboxylic acids is 1. The van der Waals surface area contributed by atoms with E-state index >= 15 is 0 Å². The van der Waals surface area contributed by atoms with Crippen LogP contribution < -0.4 is 5.32 Å². The minimum absolute atomic E-state index is 0.0659. The summed E-state index contributed by atoms with van der Waals surface area (Å²) in [5.74, 6) is -5.22. The largest absolute Gasteiger partial charge is 0.419 e. The second kappa shape index (κ2) is 9.68. The van der Waals surface area contributed by atoms with E-state index in [4.69, 9.17) is 0 Å². The fourth-order valence-electron chi connectivity index (χ4n) is 4.17. The summed E-state index contributed by atoms with van der Waals surface area (Å²) in [6, 6.07) is 4.79. The molecule has 0 saturated carbocycles. The Labute approximate surface area is 206 Å². The summed E-state index contributed by atoms with van der Waals surface area (Å²) >= 11 is 1.14. The minimum atomic E-state index is -4.60. The number of amides is 1. The predicted octanol–water partition coefficient (Wildman–Crippen LogP) is 5.66. The van der Waals surface area contributed by atoms with Gasteiger partial charge in [-0.25, -0.2) is 28.1 Å². The predicted molar refractivity (Wildman–Crippen MR) is 121 cm³/mol. The highest BCUT2D eigenvalue weighted by Gasteiger charge is 2.47. The van der Waals surface area contributed by atoms with Crippen LogP contribution >= 0.6 is 11.3 Å². The van der Waals surface area contributed by atoms with E-state index in [-0.39, 0.29) is 18.2 Å². The van der Waals surface area contributed by atoms with Gasteiger partial charge in [-0.2, -0.15) is 13.2 Å². The van der Waals surface area contributed by atoms with Crippen LogP contribution in [0, 0.1) is 18.7 Å². The molecule has 1 aliphatic heterocycles. The second-order valence-electron chi connectivity index (χ2n) is 8.63. The maximum Gasteiger partial charge on any atom is 0.419 e. The number of rotatable bonds is 5. The molecule has 4 rings (SSSR count). The van der Waals surface area contributed by atoms with Crippen molar-refractivity contribution in [2.45, 2.75) is 38.4 Å². The Kier molecular flexibility index (Phi) is 6.95. The molecule has 36 heavy (non-hydrogen) atoms. The van der Waals surface area contributed by atoms with Gasteiger partial charge in [0.25, 0.3) is 11.8 Å². The average molecular weight is 530 g/mol. The maximum absolute atomic E-state index is 14.5. The van der Waals surface area contributed by atoms with Crippen LogP contribution in [0.25, 0.3) is 10.4 Å². The summed E-state index contributed by atoms with van der Waals surface area (Å²) in [5, 5.41) is 3.25. The smallest absolute Gasteiger partial charge is 0.352 e. The van der Waals surface area contributed by atoms with Crippen molar-refractivity contribution in [1.29, 1.82) is 0 Å². The van der Waals surface area contributed by atoms with Gasteiger partial charge in [0.2, 0.25) is 5.95 Å². The number of nitrogens with one attached hydrogen (secondary N) is 1. The molecule has 3 heterocycles. The van der Waals surface area contributed by atoms with Gasteiger partial charge in [-0.15, -0.1) is 11.3 Å². The van der Waals surface area contributed by atoms with Gasteiger partial charge in [0.1, 0.15) is 11.5 Å². The number of hydrogen-bond acceptors (Lipinski definition) is 6. The van der Waals surface area contributed by atoms with E-state index < -0.39 is 54.3 Å². The summed E-state index contributed by atoms with van der Waals surface area (Å²) < 4.78 is 81.2. The number of piperidine rings is 1. The summed E-state index contributed by atoms with van der Waals surface area (Å²) in [6.45, 7) is 2.27. The van der Waals surface area contributed by atoms with Crippen LogP contribution in [0.4, 0.5) is 32.3 Å². The normalized spacial score (nSPS) is 19.8. The summed E-state index contributed by atoms with van der Waals surface area (Å²) in [5.41, 5.74) is -0.698. The van der Waals surface area contributed by atoms with E-state index in [1.165, 1.54) is 18.2 Å². The van der Waals surface area contributed by atoms with E-state index in [1.807, 2.05) is 0 Å². The quantitative estimate of drug-likeness (QED) is 0.432. The van der Waals surface area contributed by atoms with Crippen LogP contribution in [0.2, 0.25) is 0 Å². The SMILES string of the molecule is Cc1nc(C(=O)N2CC(F)(F)CC(C)C2CNc2ncc(C(F)(F)F)cn2)c(-c2cccc(F)c2)s1. The number of aromatic nitrogens is 3. The molecule has 1 fully saturated rings. The second-order valence-corrected chi connectivity index (χ2v) is 9.84. The highest BCUT2D eigenvalue weighted by molar-refractivity contribution is 7.15. The Morgan fingerprint density at radius 3 is 2.58 bits per heavy atom. The van der Waals surface area contributed by atoms with Crippen LogP contribution in [0.15, 0.2) is 36.7 Å². The van der Waals surface area contributed by atoms with Crippen molar-refractivity contribution in [3.8, 4) is 10.4 Å². The molecule has 1 amide bonds. The number of nitrogens with zero attached hydrogens (tertiary/aromatic N) is 4. The van der Waals surface area contributed by atoms with Gasteiger partial charge in [0.05, 0.1) is 28.0 Å². The van der Waals surface area contributed by atoms with Gasteiger partial charge in [-0.3, -0.25) is 4.79 Å². The van der Waals surface area contributed by atoms with Gasteiger partial charge in [0.15, 0.2) is 0 Å². The molecule has 1 aliphatic rings. The number of carbonyl (C=O) groups is 1. The van der Waals surface area contributed by atoms with E-state index in [2.05, 4.69) is 20.3 Å². The van der Waals surface area contributed by atoms with Crippen LogP contribution in [-0.4, -0.2) is 50.8 Å². The standard InChI is InChI=1S/C23H21F6N5OS/c1-12-7-22(25,26)11-34(17(12)10-32-21-30-8-15(9-31-21)23(27,28)29)20(35)18-19(36-13(2)33-18)14-4-3-5-16(24)6-14/h3-6,8-9,12,17H,7,10-11H2,1-2H3,(H,30,31,32). The summed E-state index contributed by atoms with van der Waals surface area (Å²) in [7, 11) is 0. The molecule has 13 heteroatoms. The first kappa shape index (κ1) is 25.9. The topological polar surface area (TPSA) is 71.0 Å². The third-order valence-corrected chi connectivity index (χ3v) is 6.83. The summed E-state index contributed by atoms with van der Waals surface area (Å²) in [6.07, 6.45) is -3.86. The van der Waals surface area contributed by atoms with Crippen LogP contribution in [0.1, 0.15) is 34.4 Å². The Balaban J connectivity index is 1.61. The zero-order valence-corrected chi connectivity index (χ0v) is 19.9. The van der Waals surface area contributed by atoms with Crippen LogP contribution in [0.3, 0.4) is 0 Å². The van der Waals surface area contributed by atoms with E-state index in [9.17, 15) is 31.1 Å². The minimum Gasteiger partial charge on any atom is -0.352 e. The first-order valence-electron chi connectivity index (χ1n) is 10.9. The molecule has 192 valence electrons. The molecule has 1 saturated heterocycles. The first-order chi connectivity index (χ1) is 16.8. The monoisotopic (exact) mass is 529 g/mol. The van der Waals surface area contributed by atoms with Gasteiger partial charge in [0, 0.05) is 25.4 Å². The number of benzene rings is 1.